The first-order valence-corrected chi connectivity index (χ1v) is 9.39. The summed E-state index contributed by atoms with van der Waals surface area (Å²) in [6, 6.07) is 15.6. The monoisotopic (exact) mass is 390 g/mol. The second kappa shape index (κ2) is 9.16. The number of methoxy groups -OCH3 is 1. The number of nitrogens with one attached hydrogen (secondary N) is 2. The second-order valence-corrected chi connectivity index (χ2v) is 6.68. The Morgan fingerprint density at radius 3 is 2.71 bits per heavy atom. The largest absolute Gasteiger partial charge is 0.496 e. The minimum absolute atomic E-state index is 0.507. The summed E-state index contributed by atoms with van der Waals surface area (Å²) in [5.41, 5.74) is 1.81. The lowest BCUT2D eigenvalue weighted by molar-refractivity contribution is 0.418. The van der Waals surface area contributed by atoms with Gasteiger partial charge in [0.15, 0.2) is 0 Å². The molecule has 0 fully saturated rings. The van der Waals surface area contributed by atoms with E-state index in [1.165, 1.54) is 0 Å². The maximum atomic E-state index is 5.28. The number of rotatable bonds is 6. The molecule has 142 valence electrons. The number of allylic oxidation sites excluding steroid dienone is 2. The van der Waals surface area contributed by atoms with Crippen molar-refractivity contribution in [1.29, 1.82) is 0 Å². The molecule has 0 aliphatic heterocycles. The van der Waals surface area contributed by atoms with E-state index in [2.05, 4.69) is 36.4 Å². The highest BCUT2D eigenvalue weighted by atomic mass is 31.0. The van der Waals surface area contributed by atoms with Crippen LogP contribution in [0, 0.1) is 0 Å². The average molecular weight is 390 g/mol. The fraction of sp³-hybridized carbons (Fsp3) is 0.0909. The van der Waals surface area contributed by atoms with Crippen molar-refractivity contribution in [3.63, 3.8) is 0 Å². The lowest BCUT2D eigenvalue weighted by atomic mass is 10.2. The zero-order chi connectivity index (χ0) is 19.9. The summed E-state index contributed by atoms with van der Waals surface area (Å²) in [5.74, 6) is 2.02. The first-order valence-electron chi connectivity index (χ1n) is 8.81. The molecule has 0 saturated heterocycles. The van der Waals surface area contributed by atoms with Crippen molar-refractivity contribution in [2.45, 2.75) is 6.92 Å². The first-order chi connectivity index (χ1) is 13.6. The maximum absolute atomic E-state index is 5.28. The van der Waals surface area contributed by atoms with Gasteiger partial charge in [0.1, 0.15) is 11.6 Å². The van der Waals surface area contributed by atoms with E-state index in [1.807, 2.05) is 67.6 Å². The van der Waals surface area contributed by atoms with Gasteiger partial charge in [-0.1, -0.05) is 36.9 Å². The van der Waals surface area contributed by atoms with E-state index < -0.39 is 0 Å². The smallest absolute Gasteiger partial charge is 0.229 e. The van der Waals surface area contributed by atoms with Crippen LogP contribution in [0.1, 0.15) is 6.92 Å². The third kappa shape index (κ3) is 4.96. The quantitative estimate of drug-likeness (QED) is 0.634. The Kier molecular flexibility index (Phi) is 6.41. The molecule has 0 amide bonds. The third-order valence-corrected chi connectivity index (χ3v) is 4.54. The molecular weight excluding hydrogens is 367 g/mol. The summed E-state index contributed by atoms with van der Waals surface area (Å²) in [6.07, 6.45) is 5.75. The lowest BCUT2D eigenvalue weighted by Crippen LogP contribution is -2.22. The third-order valence-electron chi connectivity index (χ3n) is 4.09. The number of hydrogen-bond acceptors (Lipinski definition) is 5. The molecular formula is C22H23N4OP. The summed E-state index contributed by atoms with van der Waals surface area (Å²) >= 11 is 0. The van der Waals surface area contributed by atoms with Crippen LogP contribution >= 0.6 is 9.24 Å². The second-order valence-electron chi connectivity index (χ2n) is 6.06. The van der Waals surface area contributed by atoms with Crippen LogP contribution in [0.4, 0.5) is 17.5 Å². The van der Waals surface area contributed by atoms with Gasteiger partial charge >= 0.3 is 0 Å². The van der Waals surface area contributed by atoms with Crippen LogP contribution < -0.4 is 31.1 Å². The molecule has 0 aliphatic rings. The molecule has 0 aliphatic carbocycles. The maximum Gasteiger partial charge on any atom is 0.229 e. The molecule has 3 rings (SSSR count). The SMILES string of the molecule is C=c1cccc/c1=C/C(=C\C)Nc1ccnc(Nc2ccc(OC)c(P)c2)n1. The van der Waals surface area contributed by atoms with Gasteiger partial charge in [0.05, 0.1) is 7.11 Å². The van der Waals surface area contributed by atoms with Gasteiger partial charge in [-0.25, -0.2) is 4.98 Å². The number of nitrogens with zero attached hydrogens (tertiary/aromatic N) is 2. The number of benzene rings is 2. The molecule has 3 aromatic rings. The fourth-order valence-electron chi connectivity index (χ4n) is 2.61. The molecule has 1 aromatic heterocycles. The molecule has 28 heavy (non-hydrogen) atoms. The Morgan fingerprint density at radius 1 is 1.18 bits per heavy atom. The van der Waals surface area contributed by atoms with Crippen LogP contribution in [0.25, 0.3) is 12.7 Å². The van der Waals surface area contributed by atoms with E-state index in [0.717, 1.165) is 32.9 Å². The normalized spacial score (nSPS) is 12.0. The standard InChI is InChI=1S/C22H23N4OP/c1-4-17(13-16-8-6-5-7-15(16)2)24-21-11-12-23-22(26-21)25-18-9-10-19(27-3)20(28)14-18/h4-14H,2,28H2,1,3H3,(H2,23,24,25,26)/b16-13-,17-4+. The highest BCUT2D eigenvalue weighted by Gasteiger charge is 2.04. The molecule has 1 atom stereocenters. The molecule has 2 N–H and O–H groups in total. The number of aromatic nitrogens is 2. The predicted molar refractivity (Wildman–Crippen MR) is 121 cm³/mol. The fourth-order valence-corrected chi connectivity index (χ4v) is 3.01. The molecule has 6 heteroatoms. The van der Waals surface area contributed by atoms with E-state index in [4.69, 9.17) is 4.74 Å². The van der Waals surface area contributed by atoms with Gasteiger partial charge in [0, 0.05) is 22.9 Å². The van der Waals surface area contributed by atoms with Crippen LogP contribution in [-0.2, 0) is 0 Å². The van der Waals surface area contributed by atoms with Crippen molar-refractivity contribution in [2.24, 2.45) is 0 Å². The van der Waals surface area contributed by atoms with Crippen LogP contribution in [0.5, 0.6) is 5.75 Å². The van der Waals surface area contributed by atoms with Crippen molar-refractivity contribution in [2.75, 3.05) is 17.7 Å². The van der Waals surface area contributed by atoms with E-state index in [-0.39, 0.29) is 0 Å². The molecule has 0 bridgehead atoms. The van der Waals surface area contributed by atoms with Gasteiger partial charge in [0.2, 0.25) is 5.95 Å². The van der Waals surface area contributed by atoms with Gasteiger partial charge in [-0.15, -0.1) is 9.24 Å². The number of hydrogen-bond donors (Lipinski definition) is 2. The Labute approximate surface area is 167 Å². The highest BCUT2D eigenvalue weighted by Crippen LogP contribution is 2.19. The topological polar surface area (TPSA) is 59.1 Å². The van der Waals surface area contributed by atoms with Crippen LogP contribution in [0.3, 0.4) is 0 Å². The zero-order valence-corrected chi connectivity index (χ0v) is 17.1. The Balaban J connectivity index is 1.79. The van der Waals surface area contributed by atoms with Crippen molar-refractivity contribution < 1.29 is 4.74 Å². The summed E-state index contributed by atoms with van der Waals surface area (Å²) < 4.78 is 5.28. The first kappa shape index (κ1) is 19.6. The highest BCUT2D eigenvalue weighted by molar-refractivity contribution is 7.27. The number of ether oxygens (including phenoxy) is 1. The van der Waals surface area contributed by atoms with E-state index >= 15 is 0 Å². The van der Waals surface area contributed by atoms with Gasteiger partial charge in [-0.2, -0.15) is 4.98 Å². The predicted octanol–water partition coefficient (Wildman–Crippen LogP) is 2.94. The van der Waals surface area contributed by atoms with Crippen molar-refractivity contribution >= 4 is 44.7 Å². The zero-order valence-electron chi connectivity index (χ0n) is 15.9. The molecule has 0 spiro atoms. The minimum Gasteiger partial charge on any atom is -0.496 e. The van der Waals surface area contributed by atoms with E-state index in [1.54, 1.807) is 13.3 Å². The number of anilines is 3. The molecule has 1 heterocycles. The van der Waals surface area contributed by atoms with Gasteiger partial charge in [-0.3, -0.25) is 0 Å². The van der Waals surface area contributed by atoms with Gasteiger partial charge < -0.3 is 15.4 Å². The average Bonchev–Trinajstić information content (AvgIpc) is 2.69. The van der Waals surface area contributed by atoms with Crippen LogP contribution in [-0.4, -0.2) is 17.1 Å². The van der Waals surface area contributed by atoms with Crippen molar-refractivity contribution in [1.82, 2.24) is 9.97 Å². The Bertz CT molecular complexity index is 1110. The Morgan fingerprint density at radius 2 is 2.00 bits per heavy atom. The summed E-state index contributed by atoms with van der Waals surface area (Å²) in [5, 5.41) is 9.53. The molecule has 0 radical (unpaired) electrons. The van der Waals surface area contributed by atoms with E-state index in [0.29, 0.717) is 11.8 Å². The van der Waals surface area contributed by atoms with Crippen LogP contribution in [0.15, 0.2) is 66.5 Å². The van der Waals surface area contributed by atoms with Gasteiger partial charge in [-0.05, 0) is 47.7 Å². The van der Waals surface area contributed by atoms with Gasteiger partial charge in [0.25, 0.3) is 0 Å². The van der Waals surface area contributed by atoms with Crippen LogP contribution in [0.2, 0.25) is 0 Å². The summed E-state index contributed by atoms with van der Waals surface area (Å²) in [6.45, 7) is 6.04. The summed E-state index contributed by atoms with van der Waals surface area (Å²) in [7, 11) is 4.31. The molecule has 0 saturated carbocycles. The van der Waals surface area contributed by atoms with E-state index in [9.17, 15) is 0 Å². The van der Waals surface area contributed by atoms with Crippen molar-refractivity contribution in [3.05, 3.63) is 76.9 Å². The molecule has 1 unspecified atom stereocenters. The Hall–Kier alpha value is -3.17. The van der Waals surface area contributed by atoms with Crippen molar-refractivity contribution in [3.8, 4) is 5.75 Å². The lowest BCUT2D eigenvalue weighted by Gasteiger charge is -2.10. The summed E-state index contributed by atoms with van der Waals surface area (Å²) in [4.78, 5) is 8.84. The molecule has 2 aromatic carbocycles. The molecule has 5 nitrogen and oxygen atoms in total. The minimum atomic E-state index is 0.507.